The zero-order chi connectivity index (χ0) is 15.4. The quantitative estimate of drug-likeness (QED) is 0.779. The molecule has 0 N–H and O–H groups in total. The fraction of sp³-hybridized carbons (Fsp3) is 0.625. The molecular formula is C16H25ClN4. The van der Waals surface area contributed by atoms with Crippen LogP contribution in [0, 0.1) is 0 Å². The van der Waals surface area contributed by atoms with Crippen molar-refractivity contribution in [2.24, 2.45) is 0 Å². The van der Waals surface area contributed by atoms with Crippen molar-refractivity contribution in [3.63, 3.8) is 0 Å². The van der Waals surface area contributed by atoms with Gasteiger partial charge in [0.25, 0.3) is 0 Å². The van der Waals surface area contributed by atoms with Crippen LogP contribution in [0.1, 0.15) is 57.2 Å². The molecule has 0 unspecified atom stereocenters. The predicted molar refractivity (Wildman–Crippen MR) is 87.9 cm³/mol. The number of rotatable bonds is 5. The Hall–Kier alpha value is -1.13. The van der Waals surface area contributed by atoms with Crippen LogP contribution in [0.4, 0.5) is 0 Å². The molecule has 3 rings (SSSR count). The number of hydrogen-bond acceptors (Lipinski definition) is 3. The molecule has 2 aromatic heterocycles. The van der Waals surface area contributed by atoms with E-state index >= 15 is 0 Å². The summed E-state index contributed by atoms with van der Waals surface area (Å²) in [7, 11) is 2.15. The van der Waals surface area contributed by atoms with Gasteiger partial charge in [0.05, 0.1) is 5.69 Å². The van der Waals surface area contributed by atoms with Crippen LogP contribution in [0.2, 0.25) is 5.15 Å². The first-order valence-corrected chi connectivity index (χ1v) is 8.29. The van der Waals surface area contributed by atoms with Crippen LogP contribution >= 0.6 is 11.6 Å². The predicted octanol–water partition coefficient (Wildman–Crippen LogP) is 4.13. The van der Waals surface area contributed by atoms with Gasteiger partial charge in [0, 0.05) is 24.2 Å². The normalized spacial score (nSPS) is 14.4. The van der Waals surface area contributed by atoms with Crippen LogP contribution in [-0.2, 0) is 6.54 Å². The second kappa shape index (κ2) is 7.23. The van der Waals surface area contributed by atoms with E-state index in [1.54, 1.807) is 6.07 Å². The summed E-state index contributed by atoms with van der Waals surface area (Å²) >= 11 is 6.03. The van der Waals surface area contributed by atoms with Crippen molar-refractivity contribution in [3.8, 4) is 0 Å². The van der Waals surface area contributed by atoms with E-state index in [4.69, 9.17) is 16.7 Å². The molecule has 1 fully saturated rings. The molecule has 4 nitrogen and oxygen atoms in total. The van der Waals surface area contributed by atoms with Gasteiger partial charge < -0.3 is 4.90 Å². The Kier molecular flexibility index (Phi) is 5.59. The van der Waals surface area contributed by atoms with Gasteiger partial charge in [0.1, 0.15) is 5.15 Å². The maximum Gasteiger partial charge on any atom is 0.161 e. The Bertz CT molecular complexity index is 589. The molecule has 2 aromatic rings. The van der Waals surface area contributed by atoms with E-state index in [0.717, 1.165) is 25.2 Å². The molecule has 0 saturated heterocycles. The molecular weight excluding hydrogens is 284 g/mol. The minimum absolute atomic E-state index is 0.536. The van der Waals surface area contributed by atoms with E-state index in [0.29, 0.717) is 11.1 Å². The number of nitrogens with zero attached hydrogens (tertiary/aromatic N) is 4. The molecule has 0 aromatic carbocycles. The SMILES string of the molecule is CC.CCCN(C)Cc1c(C2CC2)nn2ccc(Cl)nc12. The average Bonchev–Trinajstić information content (AvgIpc) is 3.26. The van der Waals surface area contributed by atoms with Crippen molar-refractivity contribution >= 4 is 17.2 Å². The summed E-state index contributed by atoms with van der Waals surface area (Å²) < 4.78 is 1.87. The van der Waals surface area contributed by atoms with Gasteiger partial charge in [-0.25, -0.2) is 9.50 Å². The van der Waals surface area contributed by atoms with E-state index in [9.17, 15) is 0 Å². The maximum atomic E-state index is 6.03. The fourth-order valence-electron chi connectivity index (χ4n) is 2.54. The standard InChI is InChI=1S/C14H19ClN4.C2H6/c1-3-7-18(2)9-11-13(10-4-5-10)17-19-8-6-12(15)16-14(11)19;1-2/h6,8,10H,3-5,7,9H2,1-2H3;1-2H3. The average molecular weight is 309 g/mol. The van der Waals surface area contributed by atoms with Gasteiger partial charge in [-0.05, 0) is 38.9 Å². The van der Waals surface area contributed by atoms with Gasteiger partial charge in [0.2, 0.25) is 0 Å². The summed E-state index contributed by atoms with van der Waals surface area (Å²) in [4.78, 5) is 6.78. The third-order valence-corrected chi connectivity index (χ3v) is 3.79. The van der Waals surface area contributed by atoms with Crippen LogP contribution < -0.4 is 0 Å². The van der Waals surface area contributed by atoms with Gasteiger partial charge in [-0.3, -0.25) is 0 Å². The Balaban J connectivity index is 0.000000774. The summed E-state index contributed by atoms with van der Waals surface area (Å²) in [5.74, 6) is 0.630. The second-order valence-electron chi connectivity index (χ2n) is 5.39. The van der Waals surface area contributed by atoms with Gasteiger partial charge in [0.15, 0.2) is 5.65 Å². The lowest BCUT2D eigenvalue weighted by molar-refractivity contribution is 0.327. The van der Waals surface area contributed by atoms with E-state index in [-0.39, 0.29) is 0 Å². The summed E-state index contributed by atoms with van der Waals surface area (Å²) in [6.07, 6.45) is 5.56. The lowest BCUT2D eigenvalue weighted by Crippen LogP contribution is -2.19. The molecule has 5 heteroatoms. The van der Waals surface area contributed by atoms with Crippen LogP contribution in [0.15, 0.2) is 12.3 Å². The lowest BCUT2D eigenvalue weighted by atomic mass is 10.1. The van der Waals surface area contributed by atoms with Crippen LogP contribution in [-0.4, -0.2) is 33.1 Å². The van der Waals surface area contributed by atoms with Crippen molar-refractivity contribution in [1.82, 2.24) is 19.5 Å². The minimum Gasteiger partial charge on any atom is -0.302 e. The molecule has 0 bridgehead atoms. The Morgan fingerprint density at radius 1 is 1.38 bits per heavy atom. The van der Waals surface area contributed by atoms with Crippen molar-refractivity contribution in [1.29, 1.82) is 0 Å². The van der Waals surface area contributed by atoms with Crippen molar-refractivity contribution < 1.29 is 0 Å². The Labute approximate surface area is 132 Å². The number of hydrogen-bond donors (Lipinski definition) is 0. The molecule has 0 atom stereocenters. The monoisotopic (exact) mass is 308 g/mol. The van der Waals surface area contributed by atoms with Gasteiger partial charge in [-0.1, -0.05) is 32.4 Å². The van der Waals surface area contributed by atoms with E-state index in [1.165, 1.54) is 24.1 Å². The Morgan fingerprint density at radius 3 is 2.71 bits per heavy atom. The van der Waals surface area contributed by atoms with Gasteiger partial charge in [-0.15, -0.1) is 0 Å². The Morgan fingerprint density at radius 2 is 2.10 bits per heavy atom. The first kappa shape index (κ1) is 16.2. The molecule has 1 saturated carbocycles. The molecule has 2 heterocycles. The summed E-state index contributed by atoms with van der Waals surface area (Å²) in [5, 5.41) is 5.23. The fourth-order valence-corrected chi connectivity index (χ4v) is 2.67. The van der Waals surface area contributed by atoms with Crippen LogP contribution in [0.5, 0.6) is 0 Å². The molecule has 0 aliphatic heterocycles. The zero-order valence-electron chi connectivity index (χ0n) is 13.4. The van der Waals surface area contributed by atoms with Gasteiger partial charge in [-0.2, -0.15) is 5.10 Å². The lowest BCUT2D eigenvalue weighted by Gasteiger charge is -2.15. The maximum absolute atomic E-state index is 6.03. The zero-order valence-corrected chi connectivity index (χ0v) is 14.2. The smallest absolute Gasteiger partial charge is 0.161 e. The highest BCUT2D eigenvalue weighted by Crippen LogP contribution is 2.41. The third-order valence-electron chi connectivity index (χ3n) is 3.57. The topological polar surface area (TPSA) is 33.4 Å². The molecule has 0 amide bonds. The first-order valence-electron chi connectivity index (χ1n) is 7.91. The third kappa shape index (κ3) is 3.74. The van der Waals surface area contributed by atoms with Gasteiger partial charge >= 0.3 is 0 Å². The van der Waals surface area contributed by atoms with E-state index in [2.05, 4.69) is 23.9 Å². The number of aromatic nitrogens is 3. The highest BCUT2D eigenvalue weighted by atomic mass is 35.5. The molecule has 21 heavy (non-hydrogen) atoms. The highest BCUT2D eigenvalue weighted by molar-refractivity contribution is 6.29. The van der Waals surface area contributed by atoms with E-state index in [1.807, 2.05) is 24.6 Å². The number of fused-ring (bicyclic) bond motifs is 1. The second-order valence-corrected chi connectivity index (χ2v) is 5.78. The summed E-state index contributed by atoms with van der Waals surface area (Å²) in [6.45, 7) is 8.18. The van der Waals surface area contributed by atoms with Crippen LogP contribution in [0.3, 0.4) is 0 Å². The molecule has 1 aliphatic rings. The highest BCUT2D eigenvalue weighted by Gasteiger charge is 2.30. The largest absolute Gasteiger partial charge is 0.302 e. The van der Waals surface area contributed by atoms with Crippen LogP contribution in [0.25, 0.3) is 5.65 Å². The van der Waals surface area contributed by atoms with Crippen molar-refractivity contribution in [2.75, 3.05) is 13.6 Å². The van der Waals surface area contributed by atoms with Crippen molar-refractivity contribution in [3.05, 3.63) is 28.7 Å². The molecule has 0 spiro atoms. The van der Waals surface area contributed by atoms with Crippen molar-refractivity contribution in [2.45, 2.75) is 52.5 Å². The summed E-state index contributed by atoms with van der Waals surface area (Å²) in [5.41, 5.74) is 3.39. The molecule has 0 radical (unpaired) electrons. The first-order chi connectivity index (χ1) is 10.2. The molecule has 1 aliphatic carbocycles. The minimum atomic E-state index is 0.536. The number of halogens is 1. The van der Waals surface area contributed by atoms with E-state index < -0.39 is 0 Å². The molecule has 116 valence electrons. The summed E-state index contributed by atoms with van der Waals surface area (Å²) in [6, 6.07) is 1.79.